The molecule has 7 heteroatoms. The van der Waals surface area contributed by atoms with Crippen molar-refractivity contribution in [1.82, 2.24) is 14.9 Å². The summed E-state index contributed by atoms with van der Waals surface area (Å²) in [5.74, 6) is 1.08. The van der Waals surface area contributed by atoms with E-state index in [0.29, 0.717) is 16.6 Å². The van der Waals surface area contributed by atoms with Crippen LogP contribution in [0, 0.1) is 0 Å². The van der Waals surface area contributed by atoms with Crippen molar-refractivity contribution in [2.75, 3.05) is 36.8 Å². The highest BCUT2D eigenvalue weighted by atomic mass is 35.5. The maximum atomic E-state index is 6.15. The van der Waals surface area contributed by atoms with Gasteiger partial charge in [-0.2, -0.15) is 4.98 Å². The van der Waals surface area contributed by atoms with E-state index >= 15 is 0 Å². The van der Waals surface area contributed by atoms with E-state index in [9.17, 15) is 0 Å². The van der Waals surface area contributed by atoms with Crippen LogP contribution in [0.25, 0.3) is 22.1 Å². The van der Waals surface area contributed by atoms with Crippen molar-refractivity contribution in [2.24, 2.45) is 0 Å². The fourth-order valence-electron chi connectivity index (χ4n) is 4.18. The summed E-state index contributed by atoms with van der Waals surface area (Å²) < 4.78 is 6.09. The van der Waals surface area contributed by atoms with Crippen molar-refractivity contribution in [2.45, 2.75) is 25.3 Å². The van der Waals surface area contributed by atoms with Gasteiger partial charge in [-0.3, -0.25) is 4.90 Å². The Labute approximate surface area is 150 Å². The highest BCUT2D eigenvalue weighted by Gasteiger charge is 2.31. The Hall–Kier alpha value is -2.05. The van der Waals surface area contributed by atoms with Crippen LogP contribution < -0.4 is 10.6 Å². The summed E-state index contributed by atoms with van der Waals surface area (Å²) in [6, 6.07) is 6.16. The number of nitrogen functional groups attached to an aromatic ring is 1. The molecule has 2 aliphatic rings. The molecule has 5 rings (SSSR count). The number of hydrogen-bond acceptors (Lipinski definition) is 6. The summed E-state index contributed by atoms with van der Waals surface area (Å²) in [5, 5.41) is 1.54. The van der Waals surface area contributed by atoms with Crippen molar-refractivity contribution < 1.29 is 4.42 Å². The Morgan fingerprint density at radius 2 is 2.08 bits per heavy atom. The van der Waals surface area contributed by atoms with E-state index in [1.165, 1.54) is 25.8 Å². The number of benzene rings is 1. The number of hydrogen-bond donors (Lipinski definition) is 1. The smallest absolute Gasteiger partial charge is 0.222 e. The first-order valence-corrected chi connectivity index (χ1v) is 9.21. The fraction of sp³-hybridized carbons (Fsp3) is 0.444. The lowest BCUT2D eigenvalue weighted by molar-refractivity contribution is 0.133. The Kier molecular flexibility index (Phi) is 3.50. The van der Waals surface area contributed by atoms with Crippen molar-refractivity contribution in [3.8, 4) is 0 Å². The maximum Gasteiger partial charge on any atom is 0.222 e. The van der Waals surface area contributed by atoms with Gasteiger partial charge in [0.05, 0.1) is 0 Å². The molecule has 0 radical (unpaired) electrons. The Morgan fingerprint density at radius 3 is 3.00 bits per heavy atom. The van der Waals surface area contributed by atoms with Gasteiger partial charge < -0.3 is 15.1 Å². The first-order chi connectivity index (χ1) is 12.2. The topological polar surface area (TPSA) is 71.4 Å². The number of anilines is 2. The first-order valence-electron chi connectivity index (χ1n) is 8.83. The van der Waals surface area contributed by atoms with Crippen LogP contribution in [0.1, 0.15) is 19.3 Å². The molecule has 0 bridgehead atoms. The predicted molar refractivity (Wildman–Crippen MR) is 100 cm³/mol. The predicted octanol–water partition coefficient (Wildman–Crippen LogP) is 3.29. The van der Waals surface area contributed by atoms with E-state index in [2.05, 4.69) is 19.8 Å². The molecule has 1 aromatic carbocycles. The van der Waals surface area contributed by atoms with Crippen molar-refractivity contribution >= 4 is 45.4 Å². The van der Waals surface area contributed by atoms with Crippen molar-refractivity contribution in [3.05, 3.63) is 23.2 Å². The van der Waals surface area contributed by atoms with Crippen molar-refractivity contribution in [3.63, 3.8) is 0 Å². The molecule has 25 heavy (non-hydrogen) atoms. The third-order valence-electron chi connectivity index (χ3n) is 5.41. The molecular formula is C18H20ClN5O. The third kappa shape index (κ3) is 2.51. The molecule has 0 aliphatic carbocycles. The molecule has 2 aliphatic heterocycles. The number of piperazine rings is 1. The molecule has 2 saturated heterocycles. The quantitative estimate of drug-likeness (QED) is 0.720. The number of nitrogens with zero attached hydrogens (tertiary/aromatic N) is 4. The van der Waals surface area contributed by atoms with Crippen LogP contribution in [0.15, 0.2) is 22.6 Å². The van der Waals surface area contributed by atoms with Crippen molar-refractivity contribution in [1.29, 1.82) is 0 Å². The fourth-order valence-corrected chi connectivity index (χ4v) is 4.35. The minimum Gasteiger partial charge on any atom is -0.450 e. The molecule has 0 spiro atoms. The first kappa shape index (κ1) is 15.2. The van der Waals surface area contributed by atoms with E-state index in [0.717, 1.165) is 41.9 Å². The second-order valence-electron chi connectivity index (χ2n) is 6.96. The molecule has 2 fully saturated rings. The molecule has 2 aromatic heterocycles. The minimum absolute atomic E-state index is 0.274. The standard InChI is InChI=1S/C18H20ClN5O/c19-11-4-5-14-13(9-11)15-16(25-14)17(22-18(20)21-15)24-8-7-23-6-2-1-3-12(23)10-24/h4-5,9,12H,1-3,6-8,10H2,(H2,20,21,22). The zero-order valence-electron chi connectivity index (χ0n) is 13.9. The molecule has 130 valence electrons. The summed E-state index contributed by atoms with van der Waals surface area (Å²) in [6.07, 6.45) is 3.86. The van der Waals surface area contributed by atoms with E-state index in [4.69, 9.17) is 21.8 Å². The molecule has 2 N–H and O–H groups in total. The number of aromatic nitrogens is 2. The van der Waals surface area contributed by atoms with E-state index in [-0.39, 0.29) is 5.95 Å². The zero-order valence-corrected chi connectivity index (χ0v) is 14.7. The Bertz CT molecular complexity index is 955. The second-order valence-corrected chi connectivity index (χ2v) is 7.39. The monoisotopic (exact) mass is 357 g/mol. The summed E-state index contributed by atoms with van der Waals surface area (Å²) >= 11 is 6.15. The van der Waals surface area contributed by atoms with E-state index < -0.39 is 0 Å². The summed E-state index contributed by atoms with van der Waals surface area (Å²) in [7, 11) is 0. The summed E-state index contributed by atoms with van der Waals surface area (Å²) in [5.41, 5.74) is 8.22. The highest BCUT2D eigenvalue weighted by Crippen LogP contribution is 2.36. The second kappa shape index (κ2) is 5.75. The van der Waals surface area contributed by atoms with Gasteiger partial charge in [-0.05, 0) is 37.6 Å². The van der Waals surface area contributed by atoms with Crippen LogP contribution in [0.5, 0.6) is 0 Å². The van der Waals surface area contributed by atoms with Crippen LogP contribution in [0.2, 0.25) is 5.02 Å². The molecule has 4 heterocycles. The maximum absolute atomic E-state index is 6.15. The lowest BCUT2D eigenvalue weighted by Crippen LogP contribution is -2.55. The molecule has 6 nitrogen and oxygen atoms in total. The van der Waals surface area contributed by atoms with Crippen LogP contribution >= 0.6 is 11.6 Å². The van der Waals surface area contributed by atoms with Crippen LogP contribution in [-0.2, 0) is 0 Å². The number of nitrogens with two attached hydrogens (primary N) is 1. The number of halogens is 1. The van der Waals surface area contributed by atoms with Gasteiger partial charge in [0, 0.05) is 36.1 Å². The molecule has 1 unspecified atom stereocenters. The largest absolute Gasteiger partial charge is 0.450 e. The Balaban J connectivity index is 1.62. The zero-order chi connectivity index (χ0) is 17.0. The normalized spacial score (nSPS) is 21.8. The molecule has 0 saturated carbocycles. The molecule has 3 aromatic rings. The van der Waals surface area contributed by atoms with Gasteiger partial charge in [0.1, 0.15) is 11.1 Å². The molecule has 1 atom stereocenters. The lowest BCUT2D eigenvalue weighted by Gasteiger charge is -2.44. The van der Waals surface area contributed by atoms with Gasteiger partial charge in [0.2, 0.25) is 5.95 Å². The summed E-state index contributed by atoms with van der Waals surface area (Å²) in [4.78, 5) is 13.8. The molecule has 0 amide bonds. The SMILES string of the molecule is Nc1nc(N2CCN3CCCCC3C2)c2oc3ccc(Cl)cc3c2n1. The number of fused-ring (bicyclic) bond motifs is 4. The lowest BCUT2D eigenvalue weighted by atomic mass is 9.99. The third-order valence-corrected chi connectivity index (χ3v) is 5.65. The average molecular weight is 358 g/mol. The minimum atomic E-state index is 0.274. The average Bonchev–Trinajstić information content (AvgIpc) is 2.98. The van der Waals surface area contributed by atoms with Crippen LogP contribution in [-0.4, -0.2) is 47.1 Å². The number of rotatable bonds is 1. The van der Waals surface area contributed by atoms with Gasteiger partial charge in [0.15, 0.2) is 11.4 Å². The molecular weight excluding hydrogens is 338 g/mol. The van der Waals surface area contributed by atoms with Gasteiger partial charge in [0.25, 0.3) is 0 Å². The summed E-state index contributed by atoms with van der Waals surface area (Å²) in [6.45, 7) is 4.16. The van der Waals surface area contributed by atoms with E-state index in [1.54, 1.807) is 0 Å². The van der Waals surface area contributed by atoms with Crippen LogP contribution in [0.4, 0.5) is 11.8 Å². The van der Waals surface area contributed by atoms with Gasteiger partial charge in [-0.1, -0.05) is 18.0 Å². The van der Waals surface area contributed by atoms with Gasteiger partial charge >= 0.3 is 0 Å². The number of piperidine rings is 1. The Morgan fingerprint density at radius 1 is 1.16 bits per heavy atom. The van der Waals surface area contributed by atoms with Gasteiger partial charge in [-0.15, -0.1) is 0 Å². The van der Waals surface area contributed by atoms with Gasteiger partial charge in [-0.25, -0.2) is 4.98 Å². The number of furan rings is 1. The van der Waals surface area contributed by atoms with Crippen LogP contribution in [0.3, 0.4) is 0 Å². The highest BCUT2D eigenvalue weighted by molar-refractivity contribution is 6.31. The van der Waals surface area contributed by atoms with E-state index in [1.807, 2.05) is 18.2 Å².